The molecule has 1 aromatic rings. The third-order valence-corrected chi connectivity index (χ3v) is 4.31. The van der Waals surface area contributed by atoms with Gasteiger partial charge in [0.2, 0.25) is 0 Å². The van der Waals surface area contributed by atoms with Crippen LogP contribution in [0, 0.1) is 0 Å². The van der Waals surface area contributed by atoms with Crippen LogP contribution in [0.3, 0.4) is 0 Å². The Balaban J connectivity index is 2.05. The molecule has 92 valence electrons. The Kier molecular flexibility index (Phi) is 2.36. The van der Waals surface area contributed by atoms with E-state index in [-0.39, 0.29) is 11.2 Å². The maximum absolute atomic E-state index is 6.47. The molecule has 2 heteroatoms. The molecule has 0 radical (unpaired) electrons. The molecule has 2 nitrogen and oxygen atoms in total. The Morgan fingerprint density at radius 2 is 1.65 bits per heavy atom. The van der Waals surface area contributed by atoms with Crippen LogP contribution in [0.15, 0.2) is 24.3 Å². The van der Waals surface area contributed by atoms with Crippen molar-refractivity contribution in [3.63, 3.8) is 0 Å². The maximum Gasteiger partial charge on any atom is 0.0971 e. The molecule has 1 saturated heterocycles. The summed E-state index contributed by atoms with van der Waals surface area (Å²) in [5.74, 6) is 0. The molecule has 2 aliphatic rings. The van der Waals surface area contributed by atoms with Crippen molar-refractivity contribution in [1.82, 2.24) is 4.90 Å². The van der Waals surface area contributed by atoms with Crippen LogP contribution in [0.2, 0.25) is 0 Å². The highest BCUT2D eigenvalue weighted by atomic mass is 16.5. The largest absolute Gasteiger partial charge is 0.360 e. The van der Waals surface area contributed by atoms with Gasteiger partial charge in [0.15, 0.2) is 0 Å². The molecule has 2 aliphatic heterocycles. The molecule has 0 aromatic heterocycles. The van der Waals surface area contributed by atoms with Crippen molar-refractivity contribution in [2.75, 3.05) is 20.1 Å². The van der Waals surface area contributed by atoms with Crippen LogP contribution >= 0.6 is 0 Å². The number of hydrogen-bond donors (Lipinski definition) is 0. The van der Waals surface area contributed by atoms with E-state index in [1.807, 2.05) is 0 Å². The van der Waals surface area contributed by atoms with E-state index in [9.17, 15) is 0 Å². The van der Waals surface area contributed by atoms with E-state index in [2.05, 4.69) is 50.1 Å². The zero-order valence-corrected chi connectivity index (χ0v) is 11.0. The number of rotatable bonds is 0. The molecule has 17 heavy (non-hydrogen) atoms. The molecule has 1 spiro atoms. The van der Waals surface area contributed by atoms with E-state index in [4.69, 9.17) is 4.74 Å². The summed E-state index contributed by atoms with van der Waals surface area (Å²) in [6.45, 7) is 6.65. The Morgan fingerprint density at radius 1 is 1.06 bits per heavy atom. The van der Waals surface area contributed by atoms with Gasteiger partial charge in [-0.15, -0.1) is 0 Å². The first-order valence-corrected chi connectivity index (χ1v) is 6.52. The first-order valence-electron chi connectivity index (χ1n) is 6.52. The minimum atomic E-state index is -0.132. The summed E-state index contributed by atoms with van der Waals surface area (Å²) in [4.78, 5) is 2.39. The second kappa shape index (κ2) is 3.56. The van der Waals surface area contributed by atoms with Crippen LogP contribution in [0.5, 0.6) is 0 Å². The topological polar surface area (TPSA) is 12.5 Å². The zero-order chi connectivity index (χ0) is 12.1. The molecular weight excluding hydrogens is 210 g/mol. The highest BCUT2D eigenvalue weighted by Crippen LogP contribution is 2.51. The first-order chi connectivity index (χ1) is 8.04. The number of nitrogens with zero attached hydrogens (tertiary/aromatic N) is 1. The van der Waals surface area contributed by atoms with E-state index in [1.165, 1.54) is 11.1 Å². The minimum absolute atomic E-state index is 0.0212. The van der Waals surface area contributed by atoms with Gasteiger partial charge < -0.3 is 9.64 Å². The van der Waals surface area contributed by atoms with Crippen molar-refractivity contribution in [3.05, 3.63) is 35.4 Å². The van der Waals surface area contributed by atoms with Gasteiger partial charge in [0, 0.05) is 13.1 Å². The highest BCUT2D eigenvalue weighted by Gasteiger charge is 2.49. The van der Waals surface area contributed by atoms with E-state index in [1.54, 1.807) is 0 Å². The molecule has 0 amide bonds. The summed E-state index contributed by atoms with van der Waals surface area (Å²) in [6, 6.07) is 8.75. The molecule has 0 atom stereocenters. The molecule has 0 N–H and O–H groups in total. The van der Waals surface area contributed by atoms with E-state index < -0.39 is 0 Å². The molecular formula is C15H21NO. The summed E-state index contributed by atoms with van der Waals surface area (Å²) in [6.07, 6.45) is 2.23. The van der Waals surface area contributed by atoms with Gasteiger partial charge in [-0.05, 0) is 44.9 Å². The van der Waals surface area contributed by atoms with Gasteiger partial charge in [-0.2, -0.15) is 0 Å². The number of likely N-dealkylation sites (tertiary alicyclic amines) is 1. The second-order valence-corrected chi connectivity index (χ2v) is 5.96. The third kappa shape index (κ3) is 1.62. The molecule has 1 aromatic carbocycles. The fourth-order valence-corrected chi connectivity index (χ4v) is 3.35. The van der Waals surface area contributed by atoms with Gasteiger partial charge in [0.25, 0.3) is 0 Å². The molecule has 0 saturated carbocycles. The van der Waals surface area contributed by atoms with Crippen molar-refractivity contribution in [2.45, 2.75) is 37.9 Å². The normalized spacial score (nSPS) is 26.1. The van der Waals surface area contributed by atoms with E-state index in [0.29, 0.717) is 0 Å². The maximum atomic E-state index is 6.47. The predicted molar refractivity (Wildman–Crippen MR) is 69.0 cm³/mol. The minimum Gasteiger partial charge on any atom is -0.360 e. The van der Waals surface area contributed by atoms with Gasteiger partial charge in [-0.3, -0.25) is 0 Å². The number of ether oxygens (including phenoxy) is 1. The number of piperidine rings is 1. The van der Waals surface area contributed by atoms with E-state index >= 15 is 0 Å². The van der Waals surface area contributed by atoms with Crippen LogP contribution in [-0.2, 0) is 15.9 Å². The van der Waals surface area contributed by atoms with Crippen molar-refractivity contribution in [2.24, 2.45) is 0 Å². The van der Waals surface area contributed by atoms with Gasteiger partial charge in [-0.1, -0.05) is 24.3 Å². The summed E-state index contributed by atoms with van der Waals surface area (Å²) >= 11 is 0. The molecule has 0 unspecified atom stereocenters. The smallest absolute Gasteiger partial charge is 0.0971 e. The van der Waals surface area contributed by atoms with Crippen LogP contribution in [0.4, 0.5) is 0 Å². The summed E-state index contributed by atoms with van der Waals surface area (Å²) in [7, 11) is 2.19. The lowest BCUT2D eigenvalue weighted by Crippen LogP contribution is -2.41. The van der Waals surface area contributed by atoms with Gasteiger partial charge in [0.1, 0.15) is 0 Å². The molecule has 0 bridgehead atoms. The highest BCUT2D eigenvalue weighted by molar-refractivity contribution is 5.40. The van der Waals surface area contributed by atoms with Crippen LogP contribution in [-0.4, -0.2) is 25.0 Å². The summed E-state index contributed by atoms with van der Waals surface area (Å²) in [5.41, 5.74) is 2.65. The Labute approximate surface area is 104 Å². The second-order valence-electron chi connectivity index (χ2n) is 5.96. The van der Waals surface area contributed by atoms with Crippen molar-refractivity contribution < 1.29 is 4.74 Å². The number of hydrogen-bond acceptors (Lipinski definition) is 2. The average Bonchev–Trinajstić information content (AvgIpc) is 2.53. The monoisotopic (exact) mass is 231 g/mol. The summed E-state index contributed by atoms with van der Waals surface area (Å²) in [5, 5.41) is 0. The SMILES string of the molecule is CN1CCC2(CC1)OC(C)(C)c1ccccc12. The Hall–Kier alpha value is -0.860. The fraction of sp³-hybridized carbons (Fsp3) is 0.600. The fourth-order valence-electron chi connectivity index (χ4n) is 3.35. The average molecular weight is 231 g/mol. The molecule has 2 heterocycles. The standard InChI is InChI=1S/C15H21NO/c1-14(2)12-6-4-5-7-13(12)15(17-14)8-10-16(3)11-9-15/h4-7H,8-11H2,1-3H3. The number of benzene rings is 1. The quantitative estimate of drug-likeness (QED) is 0.681. The summed E-state index contributed by atoms with van der Waals surface area (Å²) < 4.78 is 6.47. The predicted octanol–water partition coefficient (Wildman–Crippen LogP) is 2.87. The molecule has 0 aliphatic carbocycles. The van der Waals surface area contributed by atoms with Gasteiger partial charge >= 0.3 is 0 Å². The van der Waals surface area contributed by atoms with Gasteiger partial charge in [0.05, 0.1) is 11.2 Å². The lowest BCUT2D eigenvalue weighted by atomic mass is 9.82. The van der Waals surface area contributed by atoms with Crippen LogP contribution < -0.4 is 0 Å². The van der Waals surface area contributed by atoms with Gasteiger partial charge in [-0.25, -0.2) is 0 Å². The number of fused-ring (bicyclic) bond motifs is 2. The lowest BCUT2D eigenvalue weighted by Gasteiger charge is -2.39. The van der Waals surface area contributed by atoms with Crippen molar-refractivity contribution in [3.8, 4) is 0 Å². The van der Waals surface area contributed by atoms with Crippen molar-refractivity contribution >= 4 is 0 Å². The first kappa shape index (κ1) is 11.2. The van der Waals surface area contributed by atoms with Crippen molar-refractivity contribution in [1.29, 1.82) is 0 Å². The Morgan fingerprint density at radius 3 is 2.29 bits per heavy atom. The van der Waals surface area contributed by atoms with E-state index in [0.717, 1.165) is 25.9 Å². The Bertz CT molecular complexity index is 430. The molecule has 1 fully saturated rings. The van der Waals surface area contributed by atoms with Crippen LogP contribution in [0.1, 0.15) is 37.8 Å². The third-order valence-electron chi connectivity index (χ3n) is 4.31. The van der Waals surface area contributed by atoms with Crippen LogP contribution in [0.25, 0.3) is 0 Å². The molecule has 3 rings (SSSR count). The zero-order valence-electron chi connectivity index (χ0n) is 11.0. The lowest BCUT2D eigenvalue weighted by molar-refractivity contribution is -0.148.